The van der Waals surface area contributed by atoms with Crippen LogP contribution in [0, 0.1) is 0 Å². The fourth-order valence-corrected chi connectivity index (χ4v) is 9.03. The van der Waals surface area contributed by atoms with Crippen LogP contribution in [0.2, 0.25) is 0 Å². The third kappa shape index (κ3) is 5.18. The van der Waals surface area contributed by atoms with E-state index < -0.39 is 0 Å². The number of allylic oxidation sites excluding steroid dienone is 2. The van der Waals surface area contributed by atoms with Gasteiger partial charge in [-0.05, 0) is 90.2 Å². The van der Waals surface area contributed by atoms with E-state index in [1.807, 2.05) is 6.07 Å². The van der Waals surface area contributed by atoms with E-state index in [0.717, 1.165) is 90.5 Å². The van der Waals surface area contributed by atoms with Crippen molar-refractivity contribution in [3.05, 3.63) is 187 Å². The summed E-state index contributed by atoms with van der Waals surface area (Å²) in [4.78, 5) is 5.25. The molecule has 0 bridgehead atoms. The average Bonchev–Trinajstić information content (AvgIpc) is 3.95. The van der Waals surface area contributed by atoms with E-state index in [0.29, 0.717) is 0 Å². The molecule has 0 radical (unpaired) electrons. The summed E-state index contributed by atoms with van der Waals surface area (Å²) in [6.45, 7) is 0. The van der Waals surface area contributed by atoms with E-state index in [1.54, 1.807) is 0 Å². The Balaban J connectivity index is 0.926. The highest BCUT2D eigenvalue weighted by molar-refractivity contribution is 6.12. The minimum atomic E-state index is -0.280. The maximum atomic E-state index is 6.61. The molecular weight excluding hydrogens is 701 g/mol. The van der Waals surface area contributed by atoms with Gasteiger partial charge < -0.3 is 18.7 Å². The van der Waals surface area contributed by atoms with Gasteiger partial charge in [0.1, 0.15) is 40.5 Å². The molecule has 6 heteroatoms. The lowest BCUT2D eigenvalue weighted by atomic mass is 9.98. The minimum absolute atomic E-state index is 0.0762. The molecule has 4 heterocycles. The molecule has 3 aromatic heterocycles. The van der Waals surface area contributed by atoms with Crippen LogP contribution in [0.3, 0.4) is 0 Å². The Morgan fingerprint density at radius 1 is 0.544 bits per heavy atom. The molecule has 2 atom stereocenters. The smallest absolute Gasteiger partial charge is 0.136 e. The lowest BCUT2D eigenvalue weighted by Crippen LogP contribution is -2.52. The van der Waals surface area contributed by atoms with Gasteiger partial charge in [0.05, 0.1) is 11.0 Å². The second-order valence-electron chi connectivity index (χ2n) is 15.1. The number of benzene rings is 7. The van der Waals surface area contributed by atoms with Gasteiger partial charge in [-0.3, -0.25) is 5.32 Å². The standard InChI is InChI=1S/C51H36N4O2/c1-3-12-31(13-4-1)49-52-50(32-14-5-2-6-15-32)54-51(53-49)40-18-11-21-45-48(40)39-26-23-34(29-47(39)57-45)33-22-25-38-41-30-35(24-27-44(41)56-46(38)28-33)55-42-19-9-7-16-36(42)37-17-8-10-20-43(37)55/h1,3-5,7-30,50-51,54H,2,6H2,(H,52,53). The SMILES string of the molecule is C1=CC(C2NC(c3ccccc3)=NC(c3cccc4oc5cc(-c6ccc7c(c6)oc6ccc(-n8c9ccccc9c9ccccc98)cc67)ccc5c34)N2)=CCC1. The average molecular weight is 737 g/mol. The van der Waals surface area contributed by atoms with Crippen molar-refractivity contribution in [3.63, 3.8) is 0 Å². The van der Waals surface area contributed by atoms with Crippen LogP contribution in [-0.2, 0) is 0 Å². The van der Waals surface area contributed by atoms with Crippen molar-refractivity contribution < 1.29 is 8.83 Å². The number of amidine groups is 1. The summed E-state index contributed by atoms with van der Waals surface area (Å²) >= 11 is 0. The molecule has 0 saturated carbocycles. The largest absolute Gasteiger partial charge is 0.456 e. The first-order valence-electron chi connectivity index (χ1n) is 19.7. The summed E-state index contributed by atoms with van der Waals surface area (Å²) in [5, 5.41) is 14.3. The molecule has 0 fully saturated rings. The predicted molar refractivity (Wildman–Crippen MR) is 233 cm³/mol. The van der Waals surface area contributed by atoms with E-state index in [9.17, 15) is 0 Å². The lowest BCUT2D eigenvalue weighted by molar-refractivity contribution is 0.442. The molecular formula is C51H36N4O2. The number of fused-ring (bicyclic) bond motifs is 9. The Kier molecular flexibility index (Phi) is 7.16. The molecule has 2 N–H and O–H groups in total. The normalized spacial score (nSPS) is 17.2. The number of aliphatic imine (C=N–C) groups is 1. The van der Waals surface area contributed by atoms with Gasteiger partial charge >= 0.3 is 0 Å². The van der Waals surface area contributed by atoms with Gasteiger partial charge in [-0.15, -0.1) is 0 Å². The second kappa shape index (κ2) is 12.7. The van der Waals surface area contributed by atoms with E-state index in [2.05, 4.69) is 179 Å². The highest BCUT2D eigenvalue weighted by Gasteiger charge is 2.28. The van der Waals surface area contributed by atoms with Gasteiger partial charge in [0.15, 0.2) is 0 Å². The first-order valence-corrected chi connectivity index (χ1v) is 19.7. The summed E-state index contributed by atoms with van der Waals surface area (Å²) in [7, 11) is 0. The van der Waals surface area contributed by atoms with Crippen LogP contribution in [0.25, 0.3) is 82.5 Å². The Hall–Kier alpha value is -7.15. The van der Waals surface area contributed by atoms with Crippen molar-refractivity contribution in [2.24, 2.45) is 4.99 Å². The molecule has 10 aromatic rings. The third-order valence-corrected chi connectivity index (χ3v) is 11.7. The third-order valence-electron chi connectivity index (χ3n) is 11.7. The quantitative estimate of drug-likeness (QED) is 0.185. The number of hydrogen-bond donors (Lipinski definition) is 2. The Morgan fingerprint density at radius 3 is 2.04 bits per heavy atom. The molecule has 6 nitrogen and oxygen atoms in total. The van der Waals surface area contributed by atoms with Gasteiger partial charge in [0.25, 0.3) is 0 Å². The molecule has 57 heavy (non-hydrogen) atoms. The number of rotatable bonds is 5. The lowest BCUT2D eigenvalue weighted by Gasteiger charge is -2.33. The Bertz CT molecular complexity index is 3270. The molecule has 1 aliphatic heterocycles. The number of aromatic nitrogens is 1. The highest BCUT2D eigenvalue weighted by Crippen LogP contribution is 2.40. The van der Waals surface area contributed by atoms with Crippen LogP contribution in [0.1, 0.15) is 30.1 Å². The van der Waals surface area contributed by atoms with Crippen LogP contribution in [0.5, 0.6) is 0 Å². The van der Waals surface area contributed by atoms with Gasteiger partial charge in [-0.2, -0.15) is 0 Å². The van der Waals surface area contributed by atoms with Crippen molar-refractivity contribution in [2.45, 2.75) is 25.2 Å². The topological polar surface area (TPSA) is 67.6 Å². The van der Waals surface area contributed by atoms with E-state index in [4.69, 9.17) is 13.8 Å². The van der Waals surface area contributed by atoms with Gasteiger partial charge in [-0.1, -0.05) is 109 Å². The number of nitrogens with one attached hydrogen (secondary N) is 2. The zero-order valence-electron chi connectivity index (χ0n) is 30.9. The Labute approximate surface area is 328 Å². The van der Waals surface area contributed by atoms with Crippen LogP contribution in [0.15, 0.2) is 189 Å². The Morgan fingerprint density at radius 2 is 1.26 bits per heavy atom. The van der Waals surface area contributed by atoms with Gasteiger partial charge in [-0.25, -0.2) is 4.99 Å². The zero-order chi connectivity index (χ0) is 37.5. The first-order chi connectivity index (χ1) is 28.2. The molecule has 12 rings (SSSR count). The fraction of sp³-hybridized carbons (Fsp3) is 0.0784. The number of nitrogens with zero attached hydrogens (tertiary/aromatic N) is 2. The van der Waals surface area contributed by atoms with E-state index in [-0.39, 0.29) is 12.3 Å². The summed E-state index contributed by atoms with van der Waals surface area (Å²) in [5.74, 6) is 0.875. The summed E-state index contributed by atoms with van der Waals surface area (Å²) < 4.78 is 15.5. The highest BCUT2D eigenvalue weighted by atomic mass is 16.3. The maximum Gasteiger partial charge on any atom is 0.136 e. The molecule has 0 spiro atoms. The van der Waals surface area contributed by atoms with Crippen molar-refractivity contribution in [1.29, 1.82) is 0 Å². The van der Waals surface area contributed by atoms with E-state index in [1.165, 1.54) is 27.4 Å². The van der Waals surface area contributed by atoms with Crippen LogP contribution >= 0.6 is 0 Å². The summed E-state index contributed by atoms with van der Waals surface area (Å²) in [6.07, 6.45) is 8.54. The second-order valence-corrected chi connectivity index (χ2v) is 15.1. The molecule has 0 saturated heterocycles. The van der Waals surface area contributed by atoms with Crippen molar-refractivity contribution >= 4 is 71.5 Å². The molecule has 7 aromatic carbocycles. The molecule has 2 unspecified atom stereocenters. The summed E-state index contributed by atoms with van der Waals surface area (Å²) in [6, 6.07) is 53.5. The minimum Gasteiger partial charge on any atom is -0.456 e. The van der Waals surface area contributed by atoms with Gasteiger partial charge in [0, 0.05) is 49.1 Å². The number of hydrogen-bond acceptors (Lipinski definition) is 5. The van der Waals surface area contributed by atoms with Crippen molar-refractivity contribution in [1.82, 2.24) is 15.2 Å². The zero-order valence-corrected chi connectivity index (χ0v) is 30.9. The molecule has 0 amide bonds. The number of para-hydroxylation sites is 2. The van der Waals surface area contributed by atoms with Crippen LogP contribution in [-0.4, -0.2) is 16.6 Å². The molecule has 1 aliphatic carbocycles. The first kappa shape index (κ1) is 32.1. The van der Waals surface area contributed by atoms with Gasteiger partial charge in [0.2, 0.25) is 0 Å². The maximum absolute atomic E-state index is 6.61. The number of furan rings is 2. The van der Waals surface area contributed by atoms with Crippen molar-refractivity contribution in [2.75, 3.05) is 0 Å². The fourth-order valence-electron chi connectivity index (χ4n) is 9.03. The monoisotopic (exact) mass is 736 g/mol. The van der Waals surface area contributed by atoms with Crippen molar-refractivity contribution in [3.8, 4) is 16.8 Å². The van der Waals surface area contributed by atoms with Crippen LogP contribution in [0.4, 0.5) is 0 Å². The van der Waals surface area contributed by atoms with E-state index >= 15 is 0 Å². The molecule has 2 aliphatic rings. The van der Waals surface area contributed by atoms with Crippen LogP contribution < -0.4 is 10.6 Å². The summed E-state index contributed by atoms with van der Waals surface area (Å²) in [5.41, 5.74) is 12.4. The predicted octanol–water partition coefficient (Wildman–Crippen LogP) is 12.5. The molecule has 272 valence electrons.